The summed E-state index contributed by atoms with van der Waals surface area (Å²) in [6.45, 7) is 3.80. The van der Waals surface area contributed by atoms with Gasteiger partial charge in [-0.15, -0.1) is 0 Å². The molecule has 1 saturated carbocycles. The number of allylic oxidation sites excluding steroid dienone is 1. The number of hydrogen-bond acceptors (Lipinski definition) is 5. The lowest BCUT2D eigenvalue weighted by molar-refractivity contribution is 0.101. The van der Waals surface area contributed by atoms with Crippen LogP contribution in [0.4, 0.5) is 10.2 Å². The number of nitrogens with zero attached hydrogens (tertiary/aromatic N) is 4. The number of rotatable bonds is 3. The first-order valence-corrected chi connectivity index (χ1v) is 11.0. The summed E-state index contributed by atoms with van der Waals surface area (Å²) in [7, 11) is 0. The van der Waals surface area contributed by atoms with E-state index in [0.717, 1.165) is 53.8 Å². The lowest BCUT2D eigenvalue weighted by atomic mass is 9.80. The number of hydrogen-bond donors (Lipinski definition) is 1. The molecule has 7 heteroatoms. The normalized spacial score (nSPS) is 21.1. The molecule has 2 aliphatic rings. The summed E-state index contributed by atoms with van der Waals surface area (Å²) in [5.41, 5.74) is 11.6. The monoisotopic (exact) mass is 419 g/mol. The van der Waals surface area contributed by atoms with Crippen molar-refractivity contribution in [3.05, 3.63) is 46.8 Å². The summed E-state index contributed by atoms with van der Waals surface area (Å²) in [5, 5.41) is 4.42. The topological polar surface area (TPSA) is 86.2 Å². The second-order valence-electron chi connectivity index (χ2n) is 8.92. The Morgan fingerprint density at radius 1 is 1.19 bits per heavy atom. The molecule has 6 nitrogen and oxygen atoms in total. The smallest absolute Gasteiger partial charge is 0.165 e. The van der Waals surface area contributed by atoms with Crippen molar-refractivity contribution in [2.45, 2.75) is 58.3 Å². The van der Waals surface area contributed by atoms with E-state index in [4.69, 9.17) is 10.7 Å². The molecule has 5 rings (SSSR count). The third-order valence-corrected chi connectivity index (χ3v) is 6.69. The molecular weight excluding hydrogens is 393 g/mol. The average Bonchev–Trinajstić information content (AvgIpc) is 3.17. The Morgan fingerprint density at radius 2 is 1.97 bits per heavy atom. The van der Waals surface area contributed by atoms with Crippen LogP contribution in [0.5, 0.6) is 0 Å². The van der Waals surface area contributed by atoms with Crippen molar-refractivity contribution in [3.63, 3.8) is 0 Å². The molecule has 3 aromatic rings. The molecule has 1 fully saturated rings. The zero-order valence-corrected chi connectivity index (χ0v) is 17.9. The van der Waals surface area contributed by atoms with E-state index in [0.29, 0.717) is 35.8 Å². The van der Waals surface area contributed by atoms with Crippen LogP contribution in [-0.4, -0.2) is 25.4 Å². The summed E-state index contributed by atoms with van der Waals surface area (Å²) in [4.78, 5) is 22.0. The van der Waals surface area contributed by atoms with Crippen LogP contribution in [0.25, 0.3) is 22.9 Å². The van der Waals surface area contributed by atoms with Gasteiger partial charge in [0, 0.05) is 35.4 Å². The zero-order chi connectivity index (χ0) is 21.7. The van der Waals surface area contributed by atoms with Gasteiger partial charge < -0.3 is 5.73 Å². The number of aryl methyl sites for hydroxylation is 1. The molecule has 3 aromatic heterocycles. The van der Waals surface area contributed by atoms with Gasteiger partial charge in [-0.1, -0.05) is 19.8 Å². The lowest BCUT2D eigenvalue weighted by Gasteiger charge is -2.27. The van der Waals surface area contributed by atoms with E-state index >= 15 is 0 Å². The van der Waals surface area contributed by atoms with Gasteiger partial charge in [0.1, 0.15) is 11.6 Å². The molecule has 2 N–H and O–H groups in total. The first kappa shape index (κ1) is 19.8. The van der Waals surface area contributed by atoms with Crippen molar-refractivity contribution in [3.8, 4) is 11.1 Å². The third kappa shape index (κ3) is 3.42. The van der Waals surface area contributed by atoms with E-state index in [-0.39, 0.29) is 17.5 Å². The SMILES string of the molecule is CC(=O)c1c(C2CCC(C)CC2)nc2c(-c3cnc4c(c3)C=C(F)CC4)cnn2c1N. The molecule has 0 spiro atoms. The van der Waals surface area contributed by atoms with Crippen LogP contribution < -0.4 is 5.73 Å². The average molecular weight is 420 g/mol. The van der Waals surface area contributed by atoms with Crippen LogP contribution in [0.1, 0.15) is 79.2 Å². The molecule has 0 atom stereocenters. The number of nitrogens with two attached hydrogens (primary N) is 1. The maximum Gasteiger partial charge on any atom is 0.165 e. The van der Waals surface area contributed by atoms with Gasteiger partial charge in [0.15, 0.2) is 11.4 Å². The summed E-state index contributed by atoms with van der Waals surface area (Å²) in [6, 6.07) is 1.93. The Morgan fingerprint density at radius 3 is 2.71 bits per heavy atom. The molecule has 0 aromatic carbocycles. The molecule has 0 radical (unpaired) electrons. The Labute approximate surface area is 180 Å². The van der Waals surface area contributed by atoms with Crippen molar-refractivity contribution in [1.82, 2.24) is 19.6 Å². The highest BCUT2D eigenvalue weighted by Crippen LogP contribution is 2.39. The van der Waals surface area contributed by atoms with Crippen LogP contribution in [-0.2, 0) is 6.42 Å². The van der Waals surface area contributed by atoms with E-state index in [2.05, 4.69) is 17.0 Å². The summed E-state index contributed by atoms with van der Waals surface area (Å²) < 4.78 is 15.3. The fraction of sp³-hybridized carbons (Fsp3) is 0.417. The van der Waals surface area contributed by atoms with E-state index in [1.54, 1.807) is 18.5 Å². The van der Waals surface area contributed by atoms with Crippen LogP contribution in [0.3, 0.4) is 0 Å². The molecule has 0 saturated heterocycles. The number of anilines is 1. The van der Waals surface area contributed by atoms with Crippen LogP contribution in [0, 0.1) is 5.92 Å². The first-order valence-electron chi connectivity index (χ1n) is 11.0. The van der Waals surface area contributed by atoms with Gasteiger partial charge in [-0.25, -0.2) is 9.37 Å². The molecule has 0 bridgehead atoms. The van der Waals surface area contributed by atoms with Crippen molar-refractivity contribution >= 4 is 23.3 Å². The minimum atomic E-state index is -0.131. The van der Waals surface area contributed by atoms with Gasteiger partial charge >= 0.3 is 0 Å². The highest BCUT2D eigenvalue weighted by atomic mass is 19.1. The van der Waals surface area contributed by atoms with Gasteiger partial charge in [0.25, 0.3) is 0 Å². The number of fused-ring (bicyclic) bond motifs is 2. The van der Waals surface area contributed by atoms with Gasteiger partial charge in [-0.3, -0.25) is 9.78 Å². The number of nitrogen functional groups attached to an aromatic ring is 1. The zero-order valence-electron chi connectivity index (χ0n) is 17.9. The van der Waals surface area contributed by atoms with E-state index in [9.17, 15) is 9.18 Å². The summed E-state index contributed by atoms with van der Waals surface area (Å²) in [6.07, 6.45) is 10.3. The minimum Gasteiger partial charge on any atom is -0.383 e. The van der Waals surface area contributed by atoms with Crippen molar-refractivity contribution in [1.29, 1.82) is 0 Å². The van der Waals surface area contributed by atoms with E-state index < -0.39 is 0 Å². The second-order valence-corrected chi connectivity index (χ2v) is 8.92. The van der Waals surface area contributed by atoms with Crippen LogP contribution in [0.2, 0.25) is 0 Å². The Balaban J connectivity index is 1.67. The number of carbonyl (C=O) groups is 1. The first-order chi connectivity index (χ1) is 14.9. The fourth-order valence-corrected chi connectivity index (χ4v) is 4.90. The quantitative estimate of drug-likeness (QED) is 0.595. The van der Waals surface area contributed by atoms with E-state index in [1.165, 1.54) is 11.4 Å². The predicted octanol–water partition coefficient (Wildman–Crippen LogP) is 5.13. The number of carbonyl (C=O) groups excluding carboxylic acids is 1. The Bertz CT molecular complexity index is 1220. The summed E-state index contributed by atoms with van der Waals surface area (Å²) >= 11 is 0. The maximum absolute atomic E-state index is 13.8. The molecule has 0 amide bonds. The molecule has 31 heavy (non-hydrogen) atoms. The highest BCUT2D eigenvalue weighted by Gasteiger charge is 2.28. The molecule has 3 heterocycles. The maximum atomic E-state index is 13.8. The van der Waals surface area contributed by atoms with Crippen LogP contribution >= 0.6 is 0 Å². The molecule has 0 aliphatic heterocycles. The number of halogens is 1. The number of aromatic nitrogens is 4. The van der Waals surface area contributed by atoms with E-state index in [1.807, 2.05) is 6.07 Å². The lowest BCUT2D eigenvalue weighted by Crippen LogP contribution is -2.19. The Kier molecular flexibility index (Phi) is 4.84. The third-order valence-electron chi connectivity index (χ3n) is 6.69. The highest BCUT2D eigenvalue weighted by molar-refractivity contribution is 6.00. The predicted molar refractivity (Wildman–Crippen MR) is 118 cm³/mol. The Hall–Kier alpha value is -3.09. The molecule has 0 unspecified atom stereocenters. The van der Waals surface area contributed by atoms with Crippen LogP contribution in [0.15, 0.2) is 24.3 Å². The standard InChI is InChI=1S/C24H26FN5O/c1-13-3-5-15(6-4-13)22-21(14(2)31)23(26)30-24(29-22)19(12-28-30)17-9-16-10-18(25)7-8-20(16)27-11-17/h9-13,15H,3-8,26H2,1-2H3. The summed E-state index contributed by atoms with van der Waals surface area (Å²) in [5.74, 6) is 1.01. The van der Waals surface area contributed by atoms with Crippen molar-refractivity contribution < 1.29 is 9.18 Å². The molecule has 2 aliphatic carbocycles. The van der Waals surface area contributed by atoms with Crippen molar-refractivity contribution in [2.24, 2.45) is 5.92 Å². The number of Topliss-reactive ketones (excluding diaryl/α,β-unsaturated/α-hetero) is 1. The van der Waals surface area contributed by atoms with Gasteiger partial charge in [-0.05, 0) is 49.8 Å². The van der Waals surface area contributed by atoms with Gasteiger partial charge in [0.05, 0.1) is 17.5 Å². The largest absolute Gasteiger partial charge is 0.383 e. The fourth-order valence-electron chi connectivity index (χ4n) is 4.90. The minimum absolute atomic E-state index is 0.0892. The van der Waals surface area contributed by atoms with Gasteiger partial charge in [-0.2, -0.15) is 9.61 Å². The molecular formula is C24H26FN5O. The van der Waals surface area contributed by atoms with Gasteiger partial charge in [0.2, 0.25) is 0 Å². The van der Waals surface area contributed by atoms with Crippen molar-refractivity contribution in [2.75, 3.05) is 5.73 Å². The number of pyridine rings is 1. The number of ketones is 1. The second kappa shape index (κ2) is 7.55. The molecule has 160 valence electrons.